The number of nitrogens with zero attached hydrogens (tertiary/aromatic N) is 2. The van der Waals surface area contributed by atoms with E-state index in [1.165, 1.54) is 11.1 Å². The van der Waals surface area contributed by atoms with Gasteiger partial charge in [-0.1, -0.05) is 43.7 Å². The highest BCUT2D eigenvalue weighted by Gasteiger charge is 2.17. The Hall–Kier alpha value is -2.88. The summed E-state index contributed by atoms with van der Waals surface area (Å²) in [5.41, 5.74) is 5.71. The van der Waals surface area contributed by atoms with Crippen molar-refractivity contribution in [2.24, 2.45) is 0 Å². The number of hydrogen-bond acceptors (Lipinski definition) is 2. The van der Waals surface area contributed by atoms with Crippen molar-refractivity contribution < 1.29 is 4.79 Å². The third kappa shape index (κ3) is 3.85. The average Bonchev–Trinajstić information content (AvgIpc) is 3.10. The van der Waals surface area contributed by atoms with E-state index in [9.17, 15) is 4.79 Å². The van der Waals surface area contributed by atoms with E-state index in [2.05, 4.69) is 44.3 Å². The van der Waals surface area contributed by atoms with Crippen molar-refractivity contribution in [2.75, 3.05) is 6.54 Å². The second-order valence-corrected chi connectivity index (χ2v) is 6.57. The Morgan fingerprint density at radius 1 is 1.04 bits per heavy atom. The van der Waals surface area contributed by atoms with Crippen LogP contribution in [0.25, 0.3) is 16.9 Å². The van der Waals surface area contributed by atoms with Crippen LogP contribution in [0.5, 0.6) is 0 Å². The minimum Gasteiger partial charge on any atom is -0.351 e. The van der Waals surface area contributed by atoms with Gasteiger partial charge in [0.2, 0.25) is 0 Å². The lowest BCUT2D eigenvalue weighted by Gasteiger charge is -2.07. The molecule has 0 saturated carbocycles. The summed E-state index contributed by atoms with van der Waals surface area (Å²) >= 11 is 0. The molecule has 4 heteroatoms. The van der Waals surface area contributed by atoms with Crippen molar-refractivity contribution >= 4 is 5.91 Å². The van der Waals surface area contributed by atoms with Gasteiger partial charge in [0.05, 0.1) is 11.4 Å². The molecule has 0 aliphatic rings. The van der Waals surface area contributed by atoms with Crippen LogP contribution in [0.4, 0.5) is 0 Å². The Morgan fingerprint density at radius 2 is 1.81 bits per heavy atom. The van der Waals surface area contributed by atoms with E-state index in [0.29, 0.717) is 12.2 Å². The predicted molar refractivity (Wildman–Crippen MR) is 106 cm³/mol. The SMILES string of the molecule is CCCCNC(=O)c1cc(-c2ccc(C)c(C)c2)nn1-c1ccccc1. The normalized spacial score (nSPS) is 10.7. The van der Waals surface area contributed by atoms with Crippen LogP contribution in [0.3, 0.4) is 0 Å². The molecule has 0 aliphatic heterocycles. The first-order chi connectivity index (χ1) is 12.6. The number of carbonyl (C=O) groups is 1. The number of aryl methyl sites for hydroxylation is 2. The molecule has 0 saturated heterocycles. The van der Waals surface area contributed by atoms with Gasteiger partial charge >= 0.3 is 0 Å². The maximum Gasteiger partial charge on any atom is 0.270 e. The van der Waals surface area contributed by atoms with Gasteiger partial charge in [0.25, 0.3) is 5.91 Å². The molecule has 1 heterocycles. The summed E-state index contributed by atoms with van der Waals surface area (Å²) in [4.78, 5) is 12.7. The molecule has 0 spiro atoms. The summed E-state index contributed by atoms with van der Waals surface area (Å²) in [6.45, 7) is 6.96. The van der Waals surface area contributed by atoms with Crippen LogP contribution in [0.15, 0.2) is 54.6 Å². The molecular formula is C22H25N3O. The predicted octanol–water partition coefficient (Wildman–Crippen LogP) is 4.69. The fraction of sp³-hybridized carbons (Fsp3) is 0.273. The van der Waals surface area contributed by atoms with Gasteiger partial charge in [0, 0.05) is 12.1 Å². The Morgan fingerprint density at radius 3 is 2.50 bits per heavy atom. The minimum absolute atomic E-state index is 0.0927. The number of rotatable bonds is 6. The zero-order chi connectivity index (χ0) is 18.5. The Labute approximate surface area is 154 Å². The van der Waals surface area contributed by atoms with Crippen LogP contribution in [-0.2, 0) is 0 Å². The van der Waals surface area contributed by atoms with Crippen molar-refractivity contribution in [3.05, 3.63) is 71.4 Å². The van der Waals surface area contributed by atoms with E-state index in [0.717, 1.165) is 29.8 Å². The van der Waals surface area contributed by atoms with Crippen LogP contribution >= 0.6 is 0 Å². The molecule has 0 aliphatic carbocycles. The van der Waals surface area contributed by atoms with Gasteiger partial charge in [-0.25, -0.2) is 4.68 Å². The van der Waals surface area contributed by atoms with Crippen molar-refractivity contribution in [1.82, 2.24) is 15.1 Å². The Balaban J connectivity index is 2.02. The first-order valence-electron chi connectivity index (χ1n) is 9.11. The molecule has 0 radical (unpaired) electrons. The standard InChI is InChI=1S/C22H25N3O/c1-4-5-13-23-22(26)21-15-20(18-12-11-16(2)17(3)14-18)24-25(21)19-9-7-6-8-10-19/h6-12,14-15H,4-5,13H2,1-3H3,(H,23,26). The topological polar surface area (TPSA) is 46.9 Å². The van der Waals surface area contributed by atoms with Gasteiger partial charge in [-0.2, -0.15) is 5.10 Å². The lowest BCUT2D eigenvalue weighted by molar-refractivity contribution is 0.0945. The van der Waals surface area contributed by atoms with Gasteiger partial charge in [-0.05, 0) is 55.7 Å². The molecule has 1 N–H and O–H groups in total. The summed E-state index contributed by atoms with van der Waals surface area (Å²) in [5.74, 6) is -0.0927. The number of para-hydroxylation sites is 1. The van der Waals surface area contributed by atoms with Crippen molar-refractivity contribution in [3.63, 3.8) is 0 Å². The van der Waals surface area contributed by atoms with Crippen molar-refractivity contribution in [1.29, 1.82) is 0 Å². The molecule has 4 nitrogen and oxygen atoms in total. The minimum atomic E-state index is -0.0927. The summed E-state index contributed by atoms with van der Waals surface area (Å²) in [6, 6.07) is 17.9. The molecular weight excluding hydrogens is 322 g/mol. The first-order valence-corrected chi connectivity index (χ1v) is 9.11. The molecule has 0 bridgehead atoms. The quantitative estimate of drug-likeness (QED) is 0.658. The Bertz CT molecular complexity index is 897. The van der Waals surface area contributed by atoms with E-state index >= 15 is 0 Å². The molecule has 0 atom stereocenters. The Kier molecular flexibility index (Phi) is 5.52. The number of carbonyl (C=O) groups excluding carboxylic acids is 1. The molecule has 2 aromatic carbocycles. The zero-order valence-electron chi connectivity index (χ0n) is 15.6. The summed E-state index contributed by atoms with van der Waals surface area (Å²) < 4.78 is 1.73. The number of amides is 1. The lowest BCUT2D eigenvalue weighted by atomic mass is 10.0. The first kappa shape index (κ1) is 17.9. The van der Waals surface area contributed by atoms with E-state index < -0.39 is 0 Å². The van der Waals surface area contributed by atoms with Crippen LogP contribution in [0.1, 0.15) is 41.4 Å². The van der Waals surface area contributed by atoms with Crippen LogP contribution < -0.4 is 5.32 Å². The number of unbranched alkanes of at least 4 members (excludes halogenated alkanes) is 1. The van der Waals surface area contributed by atoms with Gasteiger partial charge < -0.3 is 5.32 Å². The zero-order valence-corrected chi connectivity index (χ0v) is 15.6. The molecule has 0 unspecified atom stereocenters. The maximum absolute atomic E-state index is 12.7. The van der Waals surface area contributed by atoms with Crippen molar-refractivity contribution in [3.8, 4) is 16.9 Å². The summed E-state index contributed by atoms with van der Waals surface area (Å²) in [7, 11) is 0. The highest BCUT2D eigenvalue weighted by Crippen LogP contribution is 2.24. The van der Waals surface area contributed by atoms with Gasteiger partial charge in [0.1, 0.15) is 5.69 Å². The smallest absolute Gasteiger partial charge is 0.270 e. The van der Waals surface area contributed by atoms with Crippen LogP contribution in [0, 0.1) is 13.8 Å². The number of nitrogens with one attached hydrogen (secondary N) is 1. The maximum atomic E-state index is 12.7. The van der Waals surface area contributed by atoms with Crippen molar-refractivity contribution in [2.45, 2.75) is 33.6 Å². The number of benzene rings is 2. The molecule has 26 heavy (non-hydrogen) atoms. The van der Waals surface area contributed by atoms with Crippen LogP contribution in [-0.4, -0.2) is 22.2 Å². The average molecular weight is 347 g/mol. The van der Waals surface area contributed by atoms with E-state index in [1.807, 2.05) is 36.4 Å². The number of aromatic nitrogens is 2. The third-order valence-corrected chi connectivity index (χ3v) is 4.56. The lowest BCUT2D eigenvalue weighted by Crippen LogP contribution is -2.26. The molecule has 134 valence electrons. The van der Waals surface area contributed by atoms with Gasteiger partial charge in [-0.15, -0.1) is 0 Å². The molecule has 3 rings (SSSR count). The second-order valence-electron chi connectivity index (χ2n) is 6.57. The van der Waals surface area contributed by atoms with Gasteiger partial charge in [-0.3, -0.25) is 4.79 Å². The fourth-order valence-electron chi connectivity index (χ4n) is 2.82. The largest absolute Gasteiger partial charge is 0.351 e. The second kappa shape index (κ2) is 8.00. The molecule has 1 aromatic heterocycles. The third-order valence-electron chi connectivity index (χ3n) is 4.56. The fourth-order valence-corrected chi connectivity index (χ4v) is 2.82. The van der Waals surface area contributed by atoms with Crippen LogP contribution in [0.2, 0.25) is 0 Å². The van der Waals surface area contributed by atoms with E-state index in [4.69, 9.17) is 5.10 Å². The highest BCUT2D eigenvalue weighted by molar-refractivity contribution is 5.94. The monoisotopic (exact) mass is 347 g/mol. The highest BCUT2D eigenvalue weighted by atomic mass is 16.2. The van der Waals surface area contributed by atoms with Gasteiger partial charge in [0.15, 0.2) is 0 Å². The molecule has 0 fully saturated rings. The number of hydrogen-bond donors (Lipinski definition) is 1. The summed E-state index contributed by atoms with van der Waals surface area (Å²) in [6.07, 6.45) is 2.02. The van der Waals surface area contributed by atoms with E-state index in [-0.39, 0.29) is 5.91 Å². The van der Waals surface area contributed by atoms with E-state index in [1.54, 1.807) is 4.68 Å². The summed E-state index contributed by atoms with van der Waals surface area (Å²) in [5, 5.41) is 7.72. The molecule has 3 aromatic rings. The molecule has 1 amide bonds.